The van der Waals surface area contributed by atoms with E-state index in [0.717, 1.165) is 0 Å². The number of hydrogen-bond donors (Lipinski definition) is 1. The number of halogens is 1. The topological polar surface area (TPSA) is 81.3 Å². The third-order valence-corrected chi connectivity index (χ3v) is 3.13. The lowest BCUT2D eigenvalue weighted by atomic mass is 10.2. The summed E-state index contributed by atoms with van der Waals surface area (Å²) in [4.78, 5) is 8.38. The van der Waals surface area contributed by atoms with Crippen molar-refractivity contribution in [2.24, 2.45) is 0 Å². The molecule has 2 heterocycles. The maximum Gasteiger partial charge on any atom is 0.258 e. The molecule has 0 unspecified atom stereocenters. The first kappa shape index (κ1) is 13.4. The number of methoxy groups -OCH3 is 1. The summed E-state index contributed by atoms with van der Waals surface area (Å²) in [5, 5.41) is 13.9. The minimum Gasteiger partial charge on any atom is -0.504 e. The van der Waals surface area contributed by atoms with E-state index in [2.05, 4.69) is 15.1 Å². The van der Waals surface area contributed by atoms with Gasteiger partial charge in [-0.05, 0) is 30.3 Å². The van der Waals surface area contributed by atoms with E-state index in [0.29, 0.717) is 27.9 Å². The normalized spacial score (nSPS) is 10.6. The summed E-state index contributed by atoms with van der Waals surface area (Å²) in [6, 6.07) is 8.16. The second-order valence-electron chi connectivity index (χ2n) is 4.14. The number of aromatic nitrogens is 3. The summed E-state index contributed by atoms with van der Waals surface area (Å²) in [6.07, 6.45) is 1.60. The van der Waals surface area contributed by atoms with Gasteiger partial charge in [0.1, 0.15) is 5.69 Å². The Labute approximate surface area is 125 Å². The third-order valence-electron chi connectivity index (χ3n) is 2.82. The van der Waals surface area contributed by atoms with E-state index in [-0.39, 0.29) is 11.6 Å². The lowest BCUT2D eigenvalue weighted by Crippen LogP contribution is -1.87. The van der Waals surface area contributed by atoms with Gasteiger partial charge >= 0.3 is 0 Å². The van der Waals surface area contributed by atoms with E-state index in [1.807, 2.05) is 0 Å². The van der Waals surface area contributed by atoms with Crippen molar-refractivity contribution in [1.29, 1.82) is 0 Å². The average molecular weight is 304 g/mol. The van der Waals surface area contributed by atoms with Crippen LogP contribution in [0.4, 0.5) is 0 Å². The quantitative estimate of drug-likeness (QED) is 0.800. The molecule has 0 atom stereocenters. The van der Waals surface area contributed by atoms with Gasteiger partial charge in [0.2, 0.25) is 5.82 Å². The number of ether oxygens (including phenoxy) is 1. The van der Waals surface area contributed by atoms with Crippen molar-refractivity contribution in [2.45, 2.75) is 0 Å². The molecule has 0 aliphatic heterocycles. The third kappa shape index (κ3) is 2.53. The van der Waals surface area contributed by atoms with Crippen molar-refractivity contribution in [3.8, 4) is 34.5 Å². The van der Waals surface area contributed by atoms with Gasteiger partial charge in [0.05, 0.1) is 12.1 Å². The minimum absolute atomic E-state index is 0.0359. The molecule has 0 fully saturated rings. The first-order chi connectivity index (χ1) is 10.2. The standard InChI is InChI=1S/C14H10ClN3O3/c1-20-11-7-8(4-5-10(11)19)14-17-13(18-21-14)12-9(15)3-2-6-16-12/h2-7,19H,1H3. The summed E-state index contributed by atoms with van der Waals surface area (Å²) in [6.45, 7) is 0. The van der Waals surface area contributed by atoms with Crippen LogP contribution in [0.1, 0.15) is 0 Å². The molecular weight excluding hydrogens is 294 g/mol. The highest BCUT2D eigenvalue weighted by atomic mass is 35.5. The van der Waals surface area contributed by atoms with Crippen LogP contribution < -0.4 is 4.74 Å². The summed E-state index contributed by atoms with van der Waals surface area (Å²) in [5.41, 5.74) is 1.07. The molecular formula is C14H10ClN3O3. The molecule has 1 aromatic carbocycles. The van der Waals surface area contributed by atoms with Crippen LogP contribution >= 0.6 is 11.6 Å². The first-order valence-electron chi connectivity index (χ1n) is 6.01. The molecule has 0 aliphatic carbocycles. The zero-order chi connectivity index (χ0) is 14.8. The van der Waals surface area contributed by atoms with Gasteiger partial charge in [-0.25, -0.2) is 0 Å². The number of pyridine rings is 1. The van der Waals surface area contributed by atoms with Gasteiger partial charge in [0.15, 0.2) is 11.5 Å². The van der Waals surface area contributed by atoms with E-state index >= 15 is 0 Å². The van der Waals surface area contributed by atoms with Crippen molar-refractivity contribution < 1.29 is 14.4 Å². The monoisotopic (exact) mass is 303 g/mol. The van der Waals surface area contributed by atoms with Gasteiger partial charge in [0, 0.05) is 11.8 Å². The largest absolute Gasteiger partial charge is 0.504 e. The van der Waals surface area contributed by atoms with Crippen molar-refractivity contribution in [1.82, 2.24) is 15.1 Å². The van der Waals surface area contributed by atoms with Gasteiger partial charge < -0.3 is 14.4 Å². The number of phenols is 1. The molecule has 0 bridgehead atoms. The second-order valence-corrected chi connectivity index (χ2v) is 4.55. The van der Waals surface area contributed by atoms with Gasteiger partial charge in [0.25, 0.3) is 5.89 Å². The molecule has 0 radical (unpaired) electrons. The molecule has 0 amide bonds. The Morgan fingerprint density at radius 2 is 2.14 bits per heavy atom. The van der Waals surface area contributed by atoms with Crippen molar-refractivity contribution in [2.75, 3.05) is 7.11 Å². The van der Waals surface area contributed by atoms with E-state index in [1.165, 1.54) is 13.2 Å². The van der Waals surface area contributed by atoms with Gasteiger partial charge in [-0.15, -0.1) is 0 Å². The number of rotatable bonds is 3. The molecule has 0 saturated carbocycles. The molecule has 2 aromatic heterocycles. The number of hydrogen-bond acceptors (Lipinski definition) is 6. The highest BCUT2D eigenvalue weighted by Gasteiger charge is 2.15. The lowest BCUT2D eigenvalue weighted by molar-refractivity contribution is 0.373. The van der Waals surface area contributed by atoms with Crippen LogP contribution in [0.2, 0.25) is 5.02 Å². The van der Waals surface area contributed by atoms with E-state index < -0.39 is 0 Å². The van der Waals surface area contributed by atoms with Gasteiger partial charge in [-0.1, -0.05) is 16.8 Å². The second kappa shape index (κ2) is 5.41. The van der Waals surface area contributed by atoms with Crippen LogP contribution in [-0.4, -0.2) is 27.3 Å². The summed E-state index contributed by atoms with van der Waals surface area (Å²) < 4.78 is 10.2. The Morgan fingerprint density at radius 1 is 1.29 bits per heavy atom. The molecule has 21 heavy (non-hydrogen) atoms. The molecule has 0 saturated heterocycles. The van der Waals surface area contributed by atoms with Crippen LogP contribution in [0.15, 0.2) is 41.1 Å². The van der Waals surface area contributed by atoms with Gasteiger partial charge in [-0.2, -0.15) is 4.98 Å². The Kier molecular flexibility index (Phi) is 3.45. The fourth-order valence-corrected chi connectivity index (χ4v) is 2.00. The summed E-state index contributed by atoms with van der Waals surface area (Å²) >= 11 is 6.05. The van der Waals surface area contributed by atoms with Crippen molar-refractivity contribution in [3.63, 3.8) is 0 Å². The Hall–Kier alpha value is -2.60. The SMILES string of the molecule is COc1cc(-c2nc(-c3ncccc3Cl)no2)ccc1O. The smallest absolute Gasteiger partial charge is 0.258 e. The molecule has 3 aromatic rings. The van der Waals surface area contributed by atoms with Crippen molar-refractivity contribution >= 4 is 11.6 Å². The van der Waals surface area contributed by atoms with E-state index in [4.69, 9.17) is 20.9 Å². The fraction of sp³-hybridized carbons (Fsp3) is 0.0714. The molecule has 106 valence electrons. The van der Waals surface area contributed by atoms with Crippen molar-refractivity contribution in [3.05, 3.63) is 41.6 Å². The maximum atomic E-state index is 9.58. The first-order valence-corrected chi connectivity index (χ1v) is 6.39. The predicted octanol–water partition coefficient (Wildman–Crippen LogP) is 3.17. The molecule has 7 heteroatoms. The maximum absolute atomic E-state index is 9.58. The predicted molar refractivity (Wildman–Crippen MR) is 76.2 cm³/mol. The Bertz CT molecular complexity index is 789. The number of benzene rings is 1. The lowest BCUT2D eigenvalue weighted by Gasteiger charge is -2.03. The summed E-state index contributed by atoms with van der Waals surface area (Å²) in [7, 11) is 1.46. The van der Waals surface area contributed by atoms with E-state index in [9.17, 15) is 5.11 Å². The molecule has 3 rings (SSSR count). The minimum atomic E-state index is 0.0359. The molecule has 6 nitrogen and oxygen atoms in total. The molecule has 1 N–H and O–H groups in total. The average Bonchev–Trinajstić information content (AvgIpc) is 2.98. The van der Waals surface area contributed by atoms with E-state index in [1.54, 1.807) is 30.5 Å². The zero-order valence-electron chi connectivity index (χ0n) is 10.9. The zero-order valence-corrected chi connectivity index (χ0v) is 11.7. The van der Waals surface area contributed by atoms with Crippen LogP contribution in [0.3, 0.4) is 0 Å². The van der Waals surface area contributed by atoms with Gasteiger partial charge in [-0.3, -0.25) is 4.98 Å². The number of nitrogens with zero attached hydrogens (tertiary/aromatic N) is 3. The van der Waals surface area contributed by atoms with Crippen LogP contribution in [0, 0.1) is 0 Å². The van der Waals surface area contributed by atoms with Crippen LogP contribution in [-0.2, 0) is 0 Å². The summed E-state index contributed by atoms with van der Waals surface area (Å²) in [5.74, 6) is 0.935. The fourth-order valence-electron chi connectivity index (χ4n) is 1.80. The molecule has 0 aliphatic rings. The number of phenolic OH excluding ortho intramolecular Hbond substituents is 1. The Balaban J connectivity index is 2.01. The Morgan fingerprint density at radius 3 is 2.90 bits per heavy atom. The van der Waals surface area contributed by atoms with Crippen LogP contribution in [0.5, 0.6) is 11.5 Å². The highest BCUT2D eigenvalue weighted by Crippen LogP contribution is 2.32. The number of aromatic hydroxyl groups is 1. The van der Waals surface area contributed by atoms with Crippen LogP contribution in [0.25, 0.3) is 23.0 Å². The highest BCUT2D eigenvalue weighted by molar-refractivity contribution is 6.32. The molecule has 0 spiro atoms.